The molecule has 0 bridgehead atoms. The van der Waals surface area contributed by atoms with E-state index >= 15 is 0 Å². The van der Waals surface area contributed by atoms with Crippen LogP contribution in [0.3, 0.4) is 0 Å². The van der Waals surface area contributed by atoms with Gasteiger partial charge in [-0.05, 0) is 53.8 Å². The first kappa shape index (κ1) is 39.8. The third-order valence-corrected chi connectivity index (χ3v) is 9.00. The first-order valence-corrected chi connectivity index (χ1v) is 18.3. The molecular weight excluding hydrogens is 711 g/mol. The van der Waals surface area contributed by atoms with Crippen molar-refractivity contribution in [1.82, 2.24) is 0 Å². The quantitative estimate of drug-likeness (QED) is 0.0476. The van der Waals surface area contributed by atoms with E-state index in [9.17, 15) is 10.0 Å². The van der Waals surface area contributed by atoms with Gasteiger partial charge in [0.05, 0.1) is 17.1 Å². The van der Waals surface area contributed by atoms with E-state index in [1.165, 1.54) is 16.7 Å². The molecule has 0 saturated heterocycles. The Hall–Kier alpha value is -5.36. The lowest BCUT2D eigenvalue weighted by Gasteiger charge is -2.37. The molecule has 0 atom stereocenters. The summed E-state index contributed by atoms with van der Waals surface area (Å²) in [6.07, 6.45) is 8.68. The molecule has 0 radical (unpaired) electrons. The second-order valence-corrected chi connectivity index (χ2v) is 12.8. The molecular formula is C44H41BN2O5S2. The average Bonchev–Trinajstić information content (AvgIpc) is 3.22. The van der Waals surface area contributed by atoms with E-state index in [-0.39, 0.29) is 12.0 Å². The Labute approximate surface area is 328 Å². The van der Waals surface area contributed by atoms with Crippen LogP contribution in [0.25, 0.3) is 0 Å². The molecule has 0 fully saturated rings. The van der Waals surface area contributed by atoms with Gasteiger partial charge >= 0.3 is 0 Å². The summed E-state index contributed by atoms with van der Waals surface area (Å²) in [7, 11) is -2.23. The van der Waals surface area contributed by atoms with Crippen LogP contribution < -0.4 is 29.2 Å². The largest absolute Gasteiger partial charge is 0.871 e. The lowest BCUT2D eigenvalue weighted by molar-refractivity contribution is -0.875. The molecule has 0 unspecified atom stereocenters. The highest BCUT2D eigenvalue weighted by molar-refractivity contribution is 7.80. The summed E-state index contributed by atoms with van der Waals surface area (Å²) >= 11 is 8.58. The van der Waals surface area contributed by atoms with Crippen molar-refractivity contribution in [3.63, 3.8) is 0 Å². The molecule has 0 aliphatic heterocycles. The van der Waals surface area contributed by atoms with E-state index in [4.69, 9.17) is 14.3 Å². The zero-order valence-electron chi connectivity index (χ0n) is 29.6. The van der Waals surface area contributed by atoms with Crippen LogP contribution >= 0.6 is 25.3 Å². The first-order valence-electron chi connectivity index (χ1n) is 17.4. The minimum absolute atomic E-state index is 0.159. The van der Waals surface area contributed by atoms with Gasteiger partial charge in [0.2, 0.25) is 36.3 Å². The fraction of sp³-hybridized carbons (Fsp3) is 0.0909. The number of pyridine rings is 2. The van der Waals surface area contributed by atoms with Crippen molar-refractivity contribution in [3.8, 4) is 11.5 Å². The van der Waals surface area contributed by atoms with Gasteiger partial charge in [0.25, 0.3) is 0 Å². The van der Waals surface area contributed by atoms with Crippen molar-refractivity contribution in [1.29, 1.82) is 0 Å². The van der Waals surface area contributed by atoms with Gasteiger partial charge in [0.1, 0.15) is 0 Å². The standard InChI is InChI=1S/C22H21BO3.2C11H9NOS/c24-23(25)26-18-10-17-22(19-11-4-1-5-12-19,20-13-6-2-7-14-20)21-15-8-3-9-16-21;2*14-11-7-3-2-6-10(11)13-12-8-4-1-5-9-12/h1-9,11-16H,10,17-18H2;2*1-9H/q-2;;/p+2. The Morgan fingerprint density at radius 1 is 0.463 bits per heavy atom. The molecule has 0 amide bonds. The van der Waals surface area contributed by atoms with E-state index in [0.29, 0.717) is 6.42 Å². The fourth-order valence-corrected chi connectivity index (χ4v) is 6.20. The molecule has 10 heteroatoms. The topological polar surface area (TPSA) is 81.6 Å². The molecule has 2 aromatic heterocycles. The van der Waals surface area contributed by atoms with Gasteiger partial charge in [-0.25, -0.2) is 9.68 Å². The number of aromatic nitrogens is 2. The zero-order valence-corrected chi connectivity index (χ0v) is 31.4. The Balaban J connectivity index is 0.000000169. The third-order valence-electron chi connectivity index (χ3n) is 8.26. The predicted molar refractivity (Wildman–Crippen MR) is 213 cm³/mol. The van der Waals surface area contributed by atoms with E-state index in [0.717, 1.165) is 27.7 Å². The summed E-state index contributed by atoms with van der Waals surface area (Å²) in [6.45, 7) is 0.159. The van der Waals surface area contributed by atoms with Crippen LogP contribution in [-0.2, 0) is 10.1 Å². The average molecular weight is 753 g/mol. The summed E-state index contributed by atoms with van der Waals surface area (Å²) < 4.78 is 8.00. The first-order chi connectivity index (χ1) is 26.5. The molecule has 54 heavy (non-hydrogen) atoms. The molecule has 2 heterocycles. The van der Waals surface area contributed by atoms with Gasteiger partial charge in [0.15, 0.2) is 0 Å². The van der Waals surface area contributed by atoms with Gasteiger partial charge < -0.3 is 14.7 Å². The monoisotopic (exact) mass is 752 g/mol. The number of nitrogens with zero attached hydrogens (tertiary/aromatic N) is 2. The molecule has 0 saturated carbocycles. The molecule has 0 aliphatic carbocycles. The van der Waals surface area contributed by atoms with Crippen molar-refractivity contribution in [3.05, 3.63) is 217 Å². The lowest BCUT2D eigenvalue weighted by atomic mass is 9.67. The normalized spacial score (nSPS) is 10.5. The highest BCUT2D eigenvalue weighted by Gasteiger charge is 2.35. The number of para-hydroxylation sites is 2. The van der Waals surface area contributed by atoms with E-state index in [1.54, 1.807) is 9.46 Å². The van der Waals surface area contributed by atoms with E-state index in [1.807, 2.05) is 164 Å². The molecule has 272 valence electrons. The van der Waals surface area contributed by atoms with Gasteiger partial charge in [-0.3, -0.25) is 0 Å². The van der Waals surface area contributed by atoms with Crippen LogP contribution in [0.5, 0.6) is 11.5 Å². The Bertz CT molecular complexity index is 1900. The second kappa shape index (κ2) is 21.4. The number of benzene rings is 5. The summed E-state index contributed by atoms with van der Waals surface area (Å²) in [6, 6.07) is 57.7. The Morgan fingerprint density at radius 2 is 0.796 bits per heavy atom. The van der Waals surface area contributed by atoms with E-state index in [2.05, 4.69) is 61.7 Å². The molecule has 7 nitrogen and oxygen atoms in total. The minimum Gasteiger partial charge on any atom is -0.871 e. The van der Waals surface area contributed by atoms with Crippen LogP contribution in [0.4, 0.5) is 0 Å². The summed E-state index contributed by atoms with van der Waals surface area (Å²) in [5.74, 6) is 1.49. The van der Waals surface area contributed by atoms with Crippen LogP contribution in [0.1, 0.15) is 29.5 Å². The summed E-state index contributed by atoms with van der Waals surface area (Å²) in [5, 5.41) is 21.4. The van der Waals surface area contributed by atoms with Crippen molar-refractivity contribution in [2.24, 2.45) is 0 Å². The van der Waals surface area contributed by atoms with Crippen molar-refractivity contribution in [2.45, 2.75) is 28.0 Å². The fourth-order valence-electron chi connectivity index (χ4n) is 5.80. The zero-order chi connectivity index (χ0) is 37.9. The smallest absolute Gasteiger partial charge is 0.223 e. The highest BCUT2D eigenvalue weighted by atomic mass is 32.1. The van der Waals surface area contributed by atoms with Crippen molar-refractivity contribution in [2.75, 3.05) is 6.61 Å². The van der Waals surface area contributed by atoms with Crippen molar-refractivity contribution >= 4 is 32.6 Å². The second-order valence-electron chi connectivity index (χ2n) is 11.9. The summed E-state index contributed by atoms with van der Waals surface area (Å²) in [5.41, 5.74) is 3.17. The van der Waals surface area contributed by atoms with Crippen LogP contribution in [0.15, 0.2) is 211 Å². The Morgan fingerprint density at radius 3 is 1.15 bits per heavy atom. The maximum absolute atomic E-state index is 10.7. The molecule has 0 N–H and O–H groups in total. The predicted octanol–water partition coefficient (Wildman–Crippen LogP) is 6.73. The molecule has 7 aromatic rings. The number of hydrogen-bond acceptors (Lipinski definition) is 7. The third kappa shape index (κ3) is 11.8. The highest BCUT2D eigenvalue weighted by Crippen LogP contribution is 2.43. The van der Waals surface area contributed by atoms with Gasteiger partial charge in [0, 0.05) is 45.7 Å². The lowest BCUT2D eigenvalue weighted by Crippen LogP contribution is -2.48. The Kier molecular flexibility index (Phi) is 15.8. The number of rotatable bonds is 12. The molecule has 5 aromatic carbocycles. The maximum Gasteiger partial charge on any atom is 0.223 e. The molecule has 0 aliphatic rings. The number of hydrogen-bond donors (Lipinski definition) is 2. The van der Waals surface area contributed by atoms with Crippen LogP contribution in [0.2, 0.25) is 0 Å². The van der Waals surface area contributed by atoms with Gasteiger partial charge in [-0.2, -0.15) is 0 Å². The SMILES string of the molecule is Sc1ccccc1O[n+]1ccccc1.Sc1ccccc1O[n+]1ccccc1.[O-]B([O-])OCCCC(c1ccccc1)(c1ccccc1)c1ccccc1. The number of thiol groups is 2. The molecule has 7 rings (SSSR count). The van der Waals surface area contributed by atoms with Crippen LogP contribution in [-0.4, -0.2) is 13.9 Å². The van der Waals surface area contributed by atoms with Crippen molar-refractivity contribution < 1.29 is 33.8 Å². The van der Waals surface area contributed by atoms with Crippen LogP contribution in [0, 0.1) is 0 Å². The minimum atomic E-state index is -2.23. The molecule has 0 spiro atoms. The van der Waals surface area contributed by atoms with E-state index < -0.39 is 7.32 Å². The summed E-state index contributed by atoms with van der Waals surface area (Å²) in [4.78, 5) is 12.7. The maximum atomic E-state index is 10.7. The van der Waals surface area contributed by atoms with Gasteiger partial charge in [-0.15, -0.1) is 25.3 Å². The van der Waals surface area contributed by atoms with Gasteiger partial charge in [-0.1, -0.05) is 127 Å².